The highest BCUT2D eigenvalue weighted by molar-refractivity contribution is 8.12. The summed E-state index contributed by atoms with van der Waals surface area (Å²) in [5.41, 5.74) is 3.65. The standard InChI is InChI=1S/C16H19NOS/c1-11-7-6-10-17-15-9-5-4-8-14(15)16(11)19-13(3)12(2)18/h4-5,8-9,17H,3,6-7,10H2,1-2H3/b16-11+. The number of rotatable bonds is 3. The van der Waals surface area contributed by atoms with Crippen LogP contribution in [0.3, 0.4) is 0 Å². The van der Waals surface area contributed by atoms with Crippen molar-refractivity contribution in [2.24, 2.45) is 0 Å². The van der Waals surface area contributed by atoms with Gasteiger partial charge in [0, 0.05) is 27.6 Å². The Morgan fingerprint density at radius 3 is 2.84 bits per heavy atom. The van der Waals surface area contributed by atoms with E-state index in [1.54, 1.807) is 6.92 Å². The number of hydrogen-bond donors (Lipinski definition) is 1. The fourth-order valence-corrected chi connectivity index (χ4v) is 3.05. The number of carbonyl (C=O) groups excluding carboxylic acids is 1. The van der Waals surface area contributed by atoms with Gasteiger partial charge in [-0.1, -0.05) is 42.1 Å². The molecule has 0 aromatic heterocycles. The molecule has 100 valence electrons. The fraction of sp³-hybridized carbons (Fsp3) is 0.312. The van der Waals surface area contributed by atoms with E-state index < -0.39 is 0 Å². The second-order valence-electron chi connectivity index (χ2n) is 4.77. The van der Waals surface area contributed by atoms with Crippen LogP contribution in [0.4, 0.5) is 5.69 Å². The number of Topliss-reactive ketones (excluding diaryl/α,β-unsaturated/α-hetero) is 1. The van der Waals surface area contributed by atoms with Crippen LogP contribution in [0, 0.1) is 0 Å². The van der Waals surface area contributed by atoms with Crippen LogP contribution in [-0.2, 0) is 4.79 Å². The largest absolute Gasteiger partial charge is 0.385 e. The molecule has 0 bridgehead atoms. The number of allylic oxidation sites excluding steroid dienone is 2. The van der Waals surface area contributed by atoms with Gasteiger partial charge in [0.05, 0.1) is 0 Å². The Balaban J connectivity index is 2.44. The highest BCUT2D eigenvalue weighted by Crippen LogP contribution is 2.41. The number of anilines is 1. The van der Waals surface area contributed by atoms with Crippen molar-refractivity contribution in [2.75, 3.05) is 11.9 Å². The van der Waals surface area contributed by atoms with Gasteiger partial charge in [-0.2, -0.15) is 0 Å². The lowest BCUT2D eigenvalue weighted by Crippen LogP contribution is -2.07. The van der Waals surface area contributed by atoms with Gasteiger partial charge >= 0.3 is 0 Å². The minimum atomic E-state index is 0.0396. The Morgan fingerprint density at radius 1 is 1.37 bits per heavy atom. The van der Waals surface area contributed by atoms with E-state index in [-0.39, 0.29) is 5.78 Å². The summed E-state index contributed by atoms with van der Waals surface area (Å²) in [5, 5.41) is 3.46. The molecule has 0 atom stereocenters. The van der Waals surface area contributed by atoms with Gasteiger partial charge in [0.15, 0.2) is 5.78 Å². The number of carbonyl (C=O) groups is 1. The summed E-state index contributed by atoms with van der Waals surface area (Å²) >= 11 is 1.50. The number of benzene rings is 1. The van der Waals surface area contributed by atoms with Gasteiger partial charge in [-0.25, -0.2) is 0 Å². The first-order valence-electron chi connectivity index (χ1n) is 6.50. The molecule has 1 aromatic rings. The maximum absolute atomic E-state index is 11.4. The Labute approximate surface area is 119 Å². The zero-order valence-corrected chi connectivity index (χ0v) is 12.3. The number of thioether (sulfide) groups is 1. The van der Waals surface area contributed by atoms with Gasteiger partial charge in [-0.15, -0.1) is 0 Å². The second kappa shape index (κ2) is 6.11. The van der Waals surface area contributed by atoms with E-state index in [4.69, 9.17) is 0 Å². The summed E-state index contributed by atoms with van der Waals surface area (Å²) < 4.78 is 0. The van der Waals surface area contributed by atoms with E-state index in [9.17, 15) is 4.79 Å². The third-order valence-corrected chi connectivity index (χ3v) is 4.53. The number of para-hydroxylation sites is 1. The van der Waals surface area contributed by atoms with Crippen LogP contribution in [0.15, 0.2) is 41.3 Å². The van der Waals surface area contributed by atoms with Crippen LogP contribution in [0.25, 0.3) is 4.91 Å². The van der Waals surface area contributed by atoms with Crippen molar-refractivity contribution in [3.63, 3.8) is 0 Å². The van der Waals surface area contributed by atoms with E-state index in [0.29, 0.717) is 4.91 Å². The van der Waals surface area contributed by atoms with E-state index in [1.807, 2.05) is 12.1 Å². The summed E-state index contributed by atoms with van der Waals surface area (Å²) in [4.78, 5) is 13.2. The van der Waals surface area contributed by atoms with Crippen LogP contribution in [0.5, 0.6) is 0 Å². The van der Waals surface area contributed by atoms with Crippen molar-refractivity contribution in [3.8, 4) is 0 Å². The van der Waals surface area contributed by atoms with Crippen LogP contribution < -0.4 is 5.32 Å². The van der Waals surface area contributed by atoms with Crippen molar-refractivity contribution in [1.82, 2.24) is 0 Å². The zero-order valence-electron chi connectivity index (χ0n) is 11.5. The molecule has 0 saturated heterocycles. The van der Waals surface area contributed by atoms with Crippen LogP contribution in [0.1, 0.15) is 32.3 Å². The van der Waals surface area contributed by atoms with E-state index in [1.165, 1.54) is 27.8 Å². The second-order valence-corrected chi connectivity index (χ2v) is 5.87. The van der Waals surface area contributed by atoms with Crippen molar-refractivity contribution in [3.05, 3.63) is 46.9 Å². The molecule has 0 saturated carbocycles. The molecule has 1 aromatic carbocycles. The molecule has 3 heteroatoms. The average Bonchev–Trinajstić information content (AvgIpc) is 2.39. The summed E-state index contributed by atoms with van der Waals surface area (Å²) in [5.74, 6) is 0.0396. The number of fused-ring (bicyclic) bond motifs is 1. The Kier molecular flexibility index (Phi) is 4.48. The lowest BCUT2D eigenvalue weighted by atomic mass is 10.0. The summed E-state index contributed by atoms with van der Waals surface area (Å²) in [6, 6.07) is 8.26. The molecule has 0 spiro atoms. The number of ketones is 1. The van der Waals surface area contributed by atoms with Gasteiger partial charge in [0.25, 0.3) is 0 Å². The molecule has 0 fully saturated rings. The summed E-state index contributed by atoms with van der Waals surface area (Å²) in [6.07, 6.45) is 2.16. The van der Waals surface area contributed by atoms with Crippen LogP contribution in [-0.4, -0.2) is 12.3 Å². The third-order valence-electron chi connectivity index (χ3n) is 3.22. The van der Waals surface area contributed by atoms with E-state index >= 15 is 0 Å². The van der Waals surface area contributed by atoms with Gasteiger partial charge in [-0.3, -0.25) is 4.79 Å². The minimum Gasteiger partial charge on any atom is -0.385 e. The van der Waals surface area contributed by atoms with Crippen molar-refractivity contribution < 1.29 is 4.79 Å². The molecular formula is C16H19NOS. The smallest absolute Gasteiger partial charge is 0.165 e. The van der Waals surface area contributed by atoms with Gasteiger partial charge < -0.3 is 5.32 Å². The lowest BCUT2D eigenvalue weighted by Gasteiger charge is -2.20. The van der Waals surface area contributed by atoms with E-state index in [2.05, 4.69) is 31.0 Å². The molecule has 0 unspecified atom stereocenters. The van der Waals surface area contributed by atoms with Crippen molar-refractivity contribution in [1.29, 1.82) is 0 Å². The molecule has 1 heterocycles. The lowest BCUT2D eigenvalue weighted by molar-refractivity contribution is -0.112. The Bertz CT molecular complexity index is 545. The molecule has 0 radical (unpaired) electrons. The Hall–Kier alpha value is -1.48. The molecule has 2 rings (SSSR count). The minimum absolute atomic E-state index is 0.0396. The normalized spacial score (nSPS) is 18.8. The maximum Gasteiger partial charge on any atom is 0.165 e. The maximum atomic E-state index is 11.4. The zero-order chi connectivity index (χ0) is 13.8. The summed E-state index contributed by atoms with van der Waals surface area (Å²) in [6.45, 7) is 8.57. The molecule has 1 N–H and O–H groups in total. The first-order valence-corrected chi connectivity index (χ1v) is 7.32. The number of nitrogens with one attached hydrogen (secondary N) is 1. The highest BCUT2D eigenvalue weighted by atomic mass is 32.2. The molecule has 2 nitrogen and oxygen atoms in total. The number of hydrogen-bond acceptors (Lipinski definition) is 3. The molecule has 0 aliphatic carbocycles. The van der Waals surface area contributed by atoms with Gasteiger partial charge in [0.1, 0.15) is 0 Å². The molecule has 1 aliphatic rings. The summed E-state index contributed by atoms with van der Waals surface area (Å²) in [7, 11) is 0. The molecule has 1 aliphatic heterocycles. The average molecular weight is 273 g/mol. The fourth-order valence-electron chi connectivity index (χ4n) is 2.09. The highest BCUT2D eigenvalue weighted by Gasteiger charge is 2.16. The van der Waals surface area contributed by atoms with Crippen LogP contribution in [0.2, 0.25) is 0 Å². The van der Waals surface area contributed by atoms with Crippen LogP contribution >= 0.6 is 11.8 Å². The SMILES string of the molecule is C=C(S/C1=C(\C)CCCNc2ccccc21)C(C)=O. The van der Waals surface area contributed by atoms with Crippen molar-refractivity contribution >= 4 is 28.1 Å². The molecule has 0 amide bonds. The van der Waals surface area contributed by atoms with Gasteiger partial charge in [0.2, 0.25) is 0 Å². The first-order chi connectivity index (χ1) is 9.09. The topological polar surface area (TPSA) is 29.1 Å². The Morgan fingerprint density at radius 2 is 2.11 bits per heavy atom. The third kappa shape index (κ3) is 3.29. The van der Waals surface area contributed by atoms with E-state index in [0.717, 1.165) is 25.1 Å². The predicted octanol–water partition coefficient (Wildman–Crippen LogP) is 4.46. The molecular weight excluding hydrogens is 254 g/mol. The monoisotopic (exact) mass is 273 g/mol. The predicted molar refractivity (Wildman–Crippen MR) is 84.2 cm³/mol. The van der Waals surface area contributed by atoms with Gasteiger partial charge in [-0.05, 0) is 32.8 Å². The molecule has 19 heavy (non-hydrogen) atoms. The van der Waals surface area contributed by atoms with Crippen molar-refractivity contribution in [2.45, 2.75) is 26.7 Å². The first kappa shape index (κ1) is 13.9. The quantitative estimate of drug-likeness (QED) is 0.824.